The zero-order chi connectivity index (χ0) is 24.3. The van der Waals surface area contributed by atoms with Crippen LogP contribution in [0.15, 0.2) is 48.1 Å². The van der Waals surface area contributed by atoms with E-state index in [2.05, 4.69) is 43.6 Å². The molecular weight excluding hydrogens is 430 g/mol. The molecule has 6 heteroatoms. The Kier molecular flexibility index (Phi) is 5.47. The maximum Gasteiger partial charge on any atom is 0.336 e. The molecule has 2 N–H and O–H groups in total. The minimum absolute atomic E-state index is 0.0231. The zero-order valence-corrected chi connectivity index (χ0v) is 20.1. The number of aromatic amines is 1. The van der Waals surface area contributed by atoms with Gasteiger partial charge in [-0.1, -0.05) is 50.3 Å². The lowest BCUT2D eigenvalue weighted by molar-refractivity contribution is -0.145. The summed E-state index contributed by atoms with van der Waals surface area (Å²) in [4.78, 5) is 27.6. The van der Waals surface area contributed by atoms with Gasteiger partial charge in [-0.2, -0.15) is 0 Å². The predicted molar refractivity (Wildman–Crippen MR) is 129 cm³/mol. The van der Waals surface area contributed by atoms with E-state index in [1.165, 1.54) is 23.4 Å². The number of fused-ring (bicyclic) bond motifs is 4. The quantitative estimate of drug-likeness (QED) is 0.399. The Balaban J connectivity index is 1.61. The van der Waals surface area contributed by atoms with Gasteiger partial charge in [0, 0.05) is 28.9 Å². The van der Waals surface area contributed by atoms with Crippen molar-refractivity contribution in [1.82, 2.24) is 4.98 Å². The van der Waals surface area contributed by atoms with Crippen LogP contribution < -0.4 is 0 Å². The highest BCUT2D eigenvalue weighted by atomic mass is 16.6. The molecule has 0 radical (unpaired) electrons. The topological polar surface area (TPSA) is 88.6 Å². The number of cyclic esters (lactones) is 1. The molecule has 6 nitrogen and oxygen atoms in total. The lowest BCUT2D eigenvalue weighted by atomic mass is 9.46. The van der Waals surface area contributed by atoms with Crippen LogP contribution in [0.25, 0.3) is 10.9 Å². The number of rotatable bonds is 4. The molecular formula is C28H33NO5. The molecule has 1 aliphatic heterocycles. The van der Waals surface area contributed by atoms with Crippen molar-refractivity contribution >= 4 is 22.8 Å². The van der Waals surface area contributed by atoms with Gasteiger partial charge in [0.15, 0.2) is 0 Å². The van der Waals surface area contributed by atoms with Gasteiger partial charge in [-0.15, -0.1) is 0 Å². The van der Waals surface area contributed by atoms with Crippen LogP contribution >= 0.6 is 0 Å². The van der Waals surface area contributed by atoms with Crippen LogP contribution in [0.5, 0.6) is 0 Å². The van der Waals surface area contributed by atoms with E-state index in [1.807, 2.05) is 12.1 Å². The lowest BCUT2D eigenvalue weighted by Gasteiger charge is -2.58. The molecule has 0 amide bonds. The fourth-order valence-electron chi connectivity index (χ4n) is 7.05. The number of aromatic nitrogens is 1. The molecule has 2 aliphatic carbocycles. The SMILES string of the molecule is C=C1CC[C@H]2[C@@](C)(Cc3c([nH]c4ccccc34)[C@@]2(C)COC(C)=O)[C@@H]1C/C=C1/C(=O)OC[C@H]1O. The van der Waals surface area contributed by atoms with Crippen LogP contribution in [-0.4, -0.2) is 41.3 Å². The molecule has 3 aliphatic rings. The Morgan fingerprint density at radius 2 is 2.12 bits per heavy atom. The van der Waals surface area contributed by atoms with Gasteiger partial charge < -0.3 is 19.6 Å². The fraction of sp³-hybridized carbons (Fsp3) is 0.500. The Hall–Kier alpha value is -2.86. The van der Waals surface area contributed by atoms with E-state index in [0.717, 1.165) is 30.5 Å². The molecule has 1 aromatic carbocycles. The second-order valence-corrected chi connectivity index (χ2v) is 10.7. The van der Waals surface area contributed by atoms with E-state index in [-0.39, 0.29) is 35.2 Å². The van der Waals surface area contributed by atoms with Crippen LogP contribution in [0.2, 0.25) is 0 Å². The van der Waals surface area contributed by atoms with Crippen molar-refractivity contribution in [2.24, 2.45) is 17.3 Å². The van der Waals surface area contributed by atoms with E-state index in [4.69, 9.17) is 9.47 Å². The summed E-state index contributed by atoms with van der Waals surface area (Å²) in [6.45, 7) is 10.8. The van der Waals surface area contributed by atoms with Crippen molar-refractivity contribution < 1.29 is 24.2 Å². The standard InChI is InChI=1S/C28H33NO5/c1-16-9-12-24-27(3,21(16)11-10-19-23(31)14-33-26(19)32)13-20-18-7-5-6-8-22(18)29-25(20)28(24,4)15-34-17(2)30/h5-8,10,21,23-24,29,31H,1,9,11-15H2,2-4H3/b19-10+/t21-,23-,24+,27+,28+/m1/s1. The molecule has 1 aromatic heterocycles. The van der Waals surface area contributed by atoms with Crippen molar-refractivity contribution in [3.8, 4) is 0 Å². The number of nitrogens with one attached hydrogen (secondary N) is 1. The first-order valence-electron chi connectivity index (χ1n) is 12.1. The van der Waals surface area contributed by atoms with Crippen LogP contribution in [0.1, 0.15) is 51.3 Å². The average Bonchev–Trinajstić information content (AvgIpc) is 3.32. The van der Waals surface area contributed by atoms with E-state index >= 15 is 0 Å². The Morgan fingerprint density at radius 3 is 2.82 bits per heavy atom. The molecule has 0 bridgehead atoms. The van der Waals surface area contributed by atoms with Crippen molar-refractivity contribution in [3.63, 3.8) is 0 Å². The third kappa shape index (κ3) is 3.42. The normalized spacial score (nSPS) is 34.1. The highest BCUT2D eigenvalue weighted by molar-refractivity contribution is 5.91. The molecule has 1 saturated carbocycles. The maximum atomic E-state index is 12.1. The Bertz CT molecular complexity index is 1210. The summed E-state index contributed by atoms with van der Waals surface area (Å²) >= 11 is 0. The monoisotopic (exact) mass is 463 g/mol. The van der Waals surface area contributed by atoms with Gasteiger partial charge >= 0.3 is 11.9 Å². The van der Waals surface area contributed by atoms with Crippen molar-refractivity contribution in [1.29, 1.82) is 0 Å². The number of allylic oxidation sites excluding steroid dienone is 2. The van der Waals surface area contributed by atoms with E-state index in [1.54, 1.807) is 0 Å². The van der Waals surface area contributed by atoms with Gasteiger partial charge in [0.25, 0.3) is 0 Å². The maximum absolute atomic E-state index is 12.1. The second kappa shape index (κ2) is 8.12. The van der Waals surface area contributed by atoms with Gasteiger partial charge in [0.1, 0.15) is 19.3 Å². The molecule has 0 spiro atoms. The lowest BCUT2D eigenvalue weighted by Crippen LogP contribution is -2.55. The third-order valence-electron chi connectivity index (χ3n) is 8.67. The van der Waals surface area contributed by atoms with E-state index < -0.39 is 12.1 Å². The number of para-hydroxylation sites is 1. The van der Waals surface area contributed by atoms with E-state index in [0.29, 0.717) is 18.6 Å². The fourth-order valence-corrected chi connectivity index (χ4v) is 7.05. The van der Waals surface area contributed by atoms with Gasteiger partial charge in [0.2, 0.25) is 0 Å². The first-order valence-corrected chi connectivity index (χ1v) is 12.1. The molecule has 5 atom stereocenters. The largest absolute Gasteiger partial charge is 0.465 e. The number of aliphatic hydroxyl groups is 1. The van der Waals surface area contributed by atoms with Gasteiger partial charge in [0.05, 0.1) is 5.57 Å². The van der Waals surface area contributed by atoms with Crippen molar-refractivity contribution in [2.45, 2.75) is 58.0 Å². The first kappa shape index (κ1) is 22.9. The van der Waals surface area contributed by atoms with Crippen LogP contribution in [0, 0.1) is 17.3 Å². The number of ether oxygens (including phenoxy) is 2. The number of H-pyrrole nitrogens is 1. The second-order valence-electron chi connectivity index (χ2n) is 10.7. The number of aliphatic hydroxyl groups excluding tert-OH is 1. The molecule has 0 unspecified atom stereocenters. The van der Waals surface area contributed by atoms with Crippen molar-refractivity contribution in [3.05, 3.63) is 59.3 Å². The average molecular weight is 464 g/mol. The Morgan fingerprint density at radius 1 is 1.35 bits per heavy atom. The first-order chi connectivity index (χ1) is 16.1. The van der Waals surface area contributed by atoms with Gasteiger partial charge in [-0.3, -0.25) is 4.79 Å². The summed E-state index contributed by atoms with van der Waals surface area (Å²) in [7, 11) is 0. The van der Waals surface area contributed by atoms with Crippen molar-refractivity contribution in [2.75, 3.05) is 13.2 Å². The zero-order valence-electron chi connectivity index (χ0n) is 20.1. The number of hydrogen-bond acceptors (Lipinski definition) is 5. The predicted octanol–water partition coefficient (Wildman–Crippen LogP) is 4.37. The smallest absolute Gasteiger partial charge is 0.336 e. The third-order valence-corrected chi connectivity index (χ3v) is 8.67. The summed E-state index contributed by atoms with van der Waals surface area (Å²) in [6.07, 6.45) is 4.32. The summed E-state index contributed by atoms with van der Waals surface area (Å²) in [5.74, 6) is -0.341. The number of benzene rings is 1. The highest BCUT2D eigenvalue weighted by Crippen LogP contribution is 2.61. The summed E-state index contributed by atoms with van der Waals surface area (Å²) in [5, 5.41) is 11.4. The number of esters is 2. The molecule has 180 valence electrons. The molecule has 5 rings (SSSR count). The minimum Gasteiger partial charge on any atom is -0.465 e. The number of carbonyl (C=O) groups is 2. The molecule has 34 heavy (non-hydrogen) atoms. The summed E-state index contributed by atoms with van der Waals surface area (Å²) in [5.41, 5.74) is 4.52. The number of carbonyl (C=O) groups excluding carboxylic acids is 2. The van der Waals surface area contributed by atoms with Crippen LogP contribution in [0.3, 0.4) is 0 Å². The molecule has 2 fully saturated rings. The highest BCUT2D eigenvalue weighted by Gasteiger charge is 2.57. The number of hydrogen-bond donors (Lipinski definition) is 2. The van der Waals surface area contributed by atoms with Crippen LogP contribution in [-0.2, 0) is 30.9 Å². The summed E-state index contributed by atoms with van der Waals surface area (Å²) in [6, 6.07) is 8.34. The van der Waals surface area contributed by atoms with E-state index in [9.17, 15) is 14.7 Å². The van der Waals surface area contributed by atoms with Crippen LogP contribution in [0.4, 0.5) is 0 Å². The minimum atomic E-state index is -0.867. The molecule has 2 heterocycles. The summed E-state index contributed by atoms with van der Waals surface area (Å²) < 4.78 is 10.7. The van der Waals surface area contributed by atoms with Gasteiger partial charge in [-0.25, -0.2) is 4.79 Å². The van der Waals surface area contributed by atoms with Gasteiger partial charge in [-0.05, 0) is 54.6 Å². The molecule has 1 saturated heterocycles. The Labute approximate surface area is 200 Å². The molecule has 2 aromatic rings.